The molecule has 4 rings (SSSR count). The Bertz CT molecular complexity index is 1040. The number of piperidine rings is 1. The number of benzene rings is 2. The van der Waals surface area contributed by atoms with Gasteiger partial charge in [0.25, 0.3) is 11.8 Å². The van der Waals surface area contributed by atoms with E-state index >= 15 is 0 Å². The van der Waals surface area contributed by atoms with Crippen molar-refractivity contribution >= 4 is 29.3 Å². The number of hydrogen-bond acceptors (Lipinski definition) is 3. The summed E-state index contributed by atoms with van der Waals surface area (Å²) in [6.45, 7) is 1.03. The van der Waals surface area contributed by atoms with E-state index in [2.05, 4.69) is 10.6 Å². The molecule has 2 aliphatic rings. The minimum absolute atomic E-state index is 0.0252. The number of halogens is 2. The van der Waals surface area contributed by atoms with E-state index in [1.807, 2.05) is 0 Å². The largest absolute Gasteiger partial charge is 0.351 e. The van der Waals surface area contributed by atoms with Gasteiger partial charge >= 0.3 is 0 Å². The van der Waals surface area contributed by atoms with Gasteiger partial charge in [-0.1, -0.05) is 30.5 Å². The van der Waals surface area contributed by atoms with E-state index in [0.717, 1.165) is 25.7 Å². The van der Waals surface area contributed by atoms with Crippen molar-refractivity contribution in [2.24, 2.45) is 5.92 Å². The van der Waals surface area contributed by atoms with Crippen LogP contribution in [0.25, 0.3) is 0 Å². The van der Waals surface area contributed by atoms with Gasteiger partial charge < -0.3 is 15.5 Å². The second-order valence-corrected chi connectivity index (χ2v) is 9.50. The van der Waals surface area contributed by atoms with Crippen LogP contribution in [0.15, 0.2) is 48.5 Å². The molecule has 0 spiro atoms. The highest BCUT2D eigenvalue weighted by molar-refractivity contribution is 6.30. The summed E-state index contributed by atoms with van der Waals surface area (Å²) in [4.78, 5) is 40.1. The van der Waals surface area contributed by atoms with Crippen molar-refractivity contribution < 1.29 is 18.8 Å². The van der Waals surface area contributed by atoms with Crippen LogP contribution >= 0.6 is 11.6 Å². The number of rotatable bonds is 5. The number of hydrogen-bond donors (Lipinski definition) is 2. The first-order chi connectivity index (χ1) is 16.4. The lowest BCUT2D eigenvalue weighted by Gasteiger charge is -2.36. The van der Waals surface area contributed by atoms with E-state index in [9.17, 15) is 18.8 Å². The topological polar surface area (TPSA) is 78.5 Å². The first kappa shape index (κ1) is 24.2. The third kappa shape index (κ3) is 5.95. The van der Waals surface area contributed by atoms with E-state index in [-0.39, 0.29) is 41.5 Å². The fourth-order valence-electron chi connectivity index (χ4n) is 4.78. The zero-order chi connectivity index (χ0) is 24.1. The Morgan fingerprint density at radius 2 is 1.50 bits per heavy atom. The lowest BCUT2D eigenvalue weighted by atomic mass is 9.88. The predicted octanol–water partition coefficient (Wildman–Crippen LogP) is 4.19. The second kappa shape index (κ2) is 11.0. The van der Waals surface area contributed by atoms with Crippen LogP contribution in [0.2, 0.25) is 5.02 Å². The van der Waals surface area contributed by atoms with E-state index in [1.54, 1.807) is 29.2 Å². The third-order valence-electron chi connectivity index (χ3n) is 6.74. The standard InChI is InChI=1S/C26H29ClFN3O3/c27-20-5-3-4-19(16-20)26(34)31-14-12-18(13-15-31)25(33)30-23-7-2-1-6-22(23)29-24(32)17-8-10-21(28)11-9-17/h3-5,8-11,16,18,22-23H,1-2,6-7,12-15H2,(H,29,32)(H,30,33)/t22-,23?/m1/s1. The molecule has 6 nitrogen and oxygen atoms in total. The highest BCUT2D eigenvalue weighted by Gasteiger charge is 2.32. The van der Waals surface area contributed by atoms with Gasteiger partial charge in [-0.25, -0.2) is 4.39 Å². The Kier molecular flexibility index (Phi) is 7.83. The molecule has 1 saturated carbocycles. The summed E-state index contributed by atoms with van der Waals surface area (Å²) >= 11 is 6.00. The molecule has 8 heteroatoms. The van der Waals surface area contributed by atoms with E-state index in [4.69, 9.17) is 11.6 Å². The Labute approximate surface area is 203 Å². The average molecular weight is 486 g/mol. The van der Waals surface area contributed by atoms with Gasteiger partial charge in [-0.15, -0.1) is 0 Å². The smallest absolute Gasteiger partial charge is 0.253 e. The van der Waals surface area contributed by atoms with E-state index < -0.39 is 0 Å². The van der Waals surface area contributed by atoms with Crippen LogP contribution in [0.4, 0.5) is 4.39 Å². The Balaban J connectivity index is 1.30. The molecule has 2 aromatic carbocycles. The van der Waals surface area contributed by atoms with Crippen LogP contribution in [0.5, 0.6) is 0 Å². The van der Waals surface area contributed by atoms with Crippen molar-refractivity contribution in [1.29, 1.82) is 0 Å². The first-order valence-electron chi connectivity index (χ1n) is 11.8. The fourth-order valence-corrected chi connectivity index (χ4v) is 4.97. The summed E-state index contributed by atoms with van der Waals surface area (Å²) in [5.74, 6) is -0.919. The fraction of sp³-hybridized carbons (Fsp3) is 0.423. The van der Waals surface area contributed by atoms with Crippen LogP contribution in [0.3, 0.4) is 0 Å². The molecule has 1 aliphatic carbocycles. The molecule has 2 fully saturated rings. The van der Waals surface area contributed by atoms with Gasteiger partial charge in [-0.3, -0.25) is 14.4 Å². The molecule has 1 saturated heterocycles. The molecular formula is C26H29ClFN3O3. The number of carbonyl (C=O) groups excluding carboxylic acids is 3. The molecule has 3 amide bonds. The monoisotopic (exact) mass is 485 g/mol. The highest BCUT2D eigenvalue weighted by atomic mass is 35.5. The Morgan fingerprint density at radius 1 is 0.853 bits per heavy atom. The maximum absolute atomic E-state index is 13.2. The number of carbonyl (C=O) groups is 3. The van der Waals surface area contributed by atoms with Crippen LogP contribution in [-0.2, 0) is 4.79 Å². The average Bonchev–Trinajstić information content (AvgIpc) is 2.85. The summed E-state index contributed by atoms with van der Waals surface area (Å²) in [5, 5.41) is 6.69. The molecule has 0 aromatic heterocycles. The summed E-state index contributed by atoms with van der Waals surface area (Å²) < 4.78 is 13.2. The van der Waals surface area contributed by atoms with Crippen molar-refractivity contribution in [3.8, 4) is 0 Å². The molecule has 1 unspecified atom stereocenters. The molecule has 34 heavy (non-hydrogen) atoms. The molecule has 1 heterocycles. The van der Waals surface area contributed by atoms with Gasteiger partial charge in [-0.05, 0) is 68.1 Å². The number of nitrogens with zero attached hydrogens (tertiary/aromatic N) is 1. The highest BCUT2D eigenvalue weighted by Crippen LogP contribution is 2.23. The lowest BCUT2D eigenvalue weighted by molar-refractivity contribution is -0.127. The van der Waals surface area contributed by atoms with Crippen LogP contribution in [0.1, 0.15) is 59.2 Å². The summed E-state index contributed by atoms with van der Waals surface area (Å²) in [6, 6.07) is 12.0. The molecule has 0 radical (unpaired) electrons. The van der Waals surface area contributed by atoms with Crippen molar-refractivity contribution in [2.45, 2.75) is 50.6 Å². The van der Waals surface area contributed by atoms with Crippen molar-refractivity contribution in [3.05, 3.63) is 70.5 Å². The first-order valence-corrected chi connectivity index (χ1v) is 12.2. The van der Waals surface area contributed by atoms with Gasteiger partial charge in [0.1, 0.15) is 5.82 Å². The van der Waals surface area contributed by atoms with Crippen LogP contribution in [-0.4, -0.2) is 47.8 Å². The maximum Gasteiger partial charge on any atom is 0.253 e. The minimum Gasteiger partial charge on any atom is -0.351 e. The molecular weight excluding hydrogens is 457 g/mol. The summed E-state index contributed by atoms with van der Waals surface area (Å²) in [7, 11) is 0. The minimum atomic E-state index is -0.389. The second-order valence-electron chi connectivity index (χ2n) is 9.06. The Hall–Kier alpha value is -2.93. The predicted molar refractivity (Wildman–Crippen MR) is 128 cm³/mol. The SMILES string of the molecule is O=C(N[C@@H]1CCCCC1NC(=O)C1CCN(C(=O)c2cccc(Cl)c2)CC1)c1ccc(F)cc1. The van der Waals surface area contributed by atoms with Gasteiger partial charge in [0.15, 0.2) is 0 Å². The lowest BCUT2D eigenvalue weighted by Crippen LogP contribution is -2.55. The maximum atomic E-state index is 13.2. The van der Waals surface area contributed by atoms with Gasteiger partial charge in [-0.2, -0.15) is 0 Å². The zero-order valence-corrected chi connectivity index (χ0v) is 19.7. The third-order valence-corrected chi connectivity index (χ3v) is 6.98. The van der Waals surface area contributed by atoms with Crippen molar-refractivity contribution in [1.82, 2.24) is 15.5 Å². The molecule has 1 aliphatic heterocycles. The molecule has 180 valence electrons. The van der Waals surface area contributed by atoms with Crippen molar-refractivity contribution in [3.63, 3.8) is 0 Å². The normalized spacial score (nSPS) is 21.1. The van der Waals surface area contributed by atoms with Gasteiger partial charge in [0.2, 0.25) is 5.91 Å². The van der Waals surface area contributed by atoms with Crippen LogP contribution < -0.4 is 10.6 Å². The molecule has 2 aromatic rings. The number of amides is 3. The molecule has 0 bridgehead atoms. The van der Waals surface area contributed by atoms with Gasteiger partial charge in [0, 0.05) is 47.2 Å². The van der Waals surface area contributed by atoms with E-state index in [1.165, 1.54) is 24.3 Å². The van der Waals surface area contributed by atoms with Gasteiger partial charge in [0.05, 0.1) is 0 Å². The molecule has 2 N–H and O–H groups in total. The van der Waals surface area contributed by atoms with Crippen LogP contribution in [0, 0.1) is 11.7 Å². The molecule has 2 atom stereocenters. The Morgan fingerprint density at radius 3 is 2.15 bits per heavy atom. The quantitative estimate of drug-likeness (QED) is 0.666. The summed E-state index contributed by atoms with van der Waals surface area (Å²) in [6.07, 6.45) is 4.73. The van der Waals surface area contributed by atoms with E-state index in [0.29, 0.717) is 42.1 Å². The number of nitrogens with one attached hydrogen (secondary N) is 2. The summed E-state index contributed by atoms with van der Waals surface area (Å²) in [5.41, 5.74) is 0.950. The zero-order valence-electron chi connectivity index (χ0n) is 18.9. The van der Waals surface area contributed by atoms with Crippen molar-refractivity contribution in [2.75, 3.05) is 13.1 Å². The number of likely N-dealkylation sites (tertiary alicyclic amines) is 1.